The number of fused-ring (bicyclic) bond motifs is 1. The normalized spacial score (nSPS) is 10.3. The Labute approximate surface area is 87.9 Å². The van der Waals surface area contributed by atoms with Crippen LogP contribution in [0.25, 0.3) is 11.0 Å². The minimum absolute atomic E-state index is 0.670. The van der Waals surface area contributed by atoms with Crippen molar-refractivity contribution in [1.82, 2.24) is 9.97 Å². The number of aryl methyl sites for hydroxylation is 1. The van der Waals surface area contributed by atoms with Crippen LogP contribution in [0.1, 0.15) is 5.69 Å². The molecule has 0 unspecified atom stereocenters. The smallest absolute Gasteiger partial charge is 0.163 e. The first-order chi connectivity index (χ1) is 7.24. The summed E-state index contributed by atoms with van der Waals surface area (Å²) in [5.74, 6) is 1.34. The second kappa shape index (κ2) is 3.73. The molecule has 15 heavy (non-hydrogen) atoms. The Hall–Kier alpha value is -1.84. The van der Waals surface area contributed by atoms with Gasteiger partial charge in [0.1, 0.15) is 0 Å². The molecule has 2 aromatic rings. The van der Waals surface area contributed by atoms with Crippen LogP contribution in [0.15, 0.2) is 18.3 Å². The van der Waals surface area contributed by atoms with Gasteiger partial charge in [-0.2, -0.15) is 0 Å². The van der Waals surface area contributed by atoms with Crippen molar-refractivity contribution >= 4 is 11.0 Å². The maximum absolute atomic E-state index is 5.19. The Kier molecular flexibility index (Phi) is 2.41. The lowest BCUT2D eigenvalue weighted by Crippen LogP contribution is -1.93. The molecule has 0 amide bonds. The zero-order chi connectivity index (χ0) is 10.8. The van der Waals surface area contributed by atoms with Gasteiger partial charge in [-0.3, -0.25) is 4.98 Å². The van der Waals surface area contributed by atoms with Crippen LogP contribution in [-0.4, -0.2) is 24.2 Å². The van der Waals surface area contributed by atoms with E-state index in [2.05, 4.69) is 9.97 Å². The van der Waals surface area contributed by atoms with Gasteiger partial charge in [0, 0.05) is 18.3 Å². The molecule has 0 saturated heterocycles. The molecule has 4 heteroatoms. The van der Waals surface area contributed by atoms with Gasteiger partial charge in [-0.25, -0.2) is 4.98 Å². The van der Waals surface area contributed by atoms with Crippen LogP contribution < -0.4 is 9.47 Å². The highest BCUT2D eigenvalue weighted by Crippen LogP contribution is 2.30. The Morgan fingerprint density at radius 3 is 2.20 bits per heavy atom. The summed E-state index contributed by atoms with van der Waals surface area (Å²) in [5.41, 5.74) is 2.50. The topological polar surface area (TPSA) is 44.2 Å². The van der Waals surface area contributed by atoms with Crippen LogP contribution in [0.3, 0.4) is 0 Å². The van der Waals surface area contributed by atoms with E-state index in [1.165, 1.54) is 0 Å². The largest absolute Gasteiger partial charge is 0.493 e. The molecule has 1 aromatic heterocycles. The van der Waals surface area contributed by atoms with Crippen molar-refractivity contribution in [3.05, 3.63) is 24.0 Å². The monoisotopic (exact) mass is 204 g/mol. The third-order valence-electron chi connectivity index (χ3n) is 2.17. The number of nitrogens with zero attached hydrogens (tertiary/aromatic N) is 2. The van der Waals surface area contributed by atoms with Crippen LogP contribution >= 0.6 is 0 Å². The van der Waals surface area contributed by atoms with Crippen molar-refractivity contribution in [2.24, 2.45) is 0 Å². The predicted molar refractivity (Wildman–Crippen MR) is 57.4 cm³/mol. The van der Waals surface area contributed by atoms with Gasteiger partial charge in [0.25, 0.3) is 0 Å². The van der Waals surface area contributed by atoms with Gasteiger partial charge >= 0.3 is 0 Å². The van der Waals surface area contributed by atoms with Crippen LogP contribution in [0.5, 0.6) is 11.5 Å². The van der Waals surface area contributed by atoms with E-state index in [0.717, 1.165) is 16.7 Å². The summed E-state index contributed by atoms with van der Waals surface area (Å²) in [4.78, 5) is 8.63. The molecule has 1 heterocycles. The third-order valence-corrected chi connectivity index (χ3v) is 2.17. The van der Waals surface area contributed by atoms with E-state index in [-0.39, 0.29) is 0 Å². The summed E-state index contributed by atoms with van der Waals surface area (Å²) in [5, 5.41) is 0. The van der Waals surface area contributed by atoms with Crippen molar-refractivity contribution < 1.29 is 9.47 Å². The molecule has 0 atom stereocenters. The Morgan fingerprint density at radius 2 is 1.60 bits per heavy atom. The van der Waals surface area contributed by atoms with Crippen LogP contribution in [-0.2, 0) is 0 Å². The lowest BCUT2D eigenvalue weighted by Gasteiger charge is -2.08. The highest BCUT2D eigenvalue weighted by atomic mass is 16.5. The van der Waals surface area contributed by atoms with E-state index in [9.17, 15) is 0 Å². The molecule has 2 rings (SSSR count). The summed E-state index contributed by atoms with van der Waals surface area (Å²) in [7, 11) is 3.21. The maximum Gasteiger partial charge on any atom is 0.163 e. The average molecular weight is 204 g/mol. The number of methoxy groups -OCH3 is 2. The van der Waals surface area contributed by atoms with Gasteiger partial charge in [-0.15, -0.1) is 0 Å². The summed E-state index contributed by atoms with van der Waals surface area (Å²) in [6, 6.07) is 3.65. The Bertz CT molecular complexity index is 497. The van der Waals surface area contributed by atoms with Crippen molar-refractivity contribution in [2.45, 2.75) is 6.92 Å². The summed E-state index contributed by atoms with van der Waals surface area (Å²) in [6.07, 6.45) is 1.73. The summed E-state index contributed by atoms with van der Waals surface area (Å²) in [6.45, 7) is 1.91. The molecule has 0 bridgehead atoms. The standard InChI is InChI=1S/C11H12N2O2/c1-7-6-12-8-4-10(14-2)11(15-3)5-9(8)13-7/h4-6H,1-3H3. The van der Waals surface area contributed by atoms with Gasteiger partial charge in [0.15, 0.2) is 11.5 Å². The van der Waals surface area contributed by atoms with Gasteiger partial charge in [-0.1, -0.05) is 0 Å². The van der Waals surface area contributed by atoms with Crippen LogP contribution in [0.2, 0.25) is 0 Å². The van der Waals surface area contributed by atoms with Gasteiger partial charge in [-0.05, 0) is 6.92 Å². The number of hydrogen-bond donors (Lipinski definition) is 0. The molecule has 0 aliphatic heterocycles. The lowest BCUT2D eigenvalue weighted by molar-refractivity contribution is 0.355. The molecule has 1 aromatic carbocycles. The minimum atomic E-state index is 0.670. The van der Waals surface area contributed by atoms with Crippen LogP contribution in [0, 0.1) is 6.92 Å². The van der Waals surface area contributed by atoms with E-state index < -0.39 is 0 Å². The van der Waals surface area contributed by atoms with Crippen molar-refractivity contribution in [1.29, 1.82) is 0 Å². The number of ether oxygens (including phenoxy) is 2. The molecule has 0 aliphatic rings. The number of benzene rings is 1. The number of aromatic nitrogens is 2. The fraction of sp³-hybridized carbons (Fsp3) is 0.273. The first kappa shape index (κ1) is 9.71. The molecule has 78 valence electrons. The molecule has 0 aliphatic carbocycles. The van der Waals surface area contributed by atoms with E-state index in [0.29, 0.717) is 11.5 Å². The van der Waals surface area contributed by atoms with E-state index >= 15 is 0 Å². The highest BCUT2D eigenvalue weighted by molar-refractivity contribution is 5.78. The second-order valence-electron chi connectivity index (χ2n) is 3.21. The SMILES string of the molecule is COc1cc2ncc(C)nc2cc1OC. The molecule has 0 radical (unpaired) electrons. The maximum atomic E-state index is 5.19. The van der Waals surface area contributed by atoms with Crippen LogP contribution in [0.4, 0.5) is 0 Å². The third kappa shape index (κ3) is 1.70. The first-order valence-electron chi connectivity index (χ1n) is 4.60. The zero-order valence-corrected chi connectivity index (χ0v) is 8.94. The Balaban J connectivity index is 2.69. The van der Waals surface area contributed by atoms with E-state index in [1.807, 2.05) is 19.1 Å². The molecule has 0 N–H and O–H groups in total. The number of hydrogen-bond acceptors (Lipinski definition) is 4. The van der Waals surface area contributed by atoms with Crippen molar-refractivity contribution in [2.75, 3.05) is 14.2 Å². The molecule has 0 saturated carbocycles. The van der Waals surface area contributed by atoms with E-state index in [4.69, 9.17) is 9.47 Å². The minimum Gasteiger partial charge on any atom is -0.493 e. The first-order valence-corrected chi connectivity index (χ1v) is 4.60. The van der Waals surface area contributed by atoms with E-state index in [1.54, 1.807) is 20.4 Å². The zero-order valence-electron chi connectivity index (χ0n) is 8.94. The fourth-order valence-electron chi connectivity index (χ4n) is 1.43. The lowest BCUT2D eigenvalue weighted by atomic mass is 10.2. The molecule has 0 fully saturated rings. The van der Waals surface area contributed by atoms with Gasteiger partial charge in [0.05, 0.1) is 30.9 Å². The van der Waals surface area contributed by atoms with Gasteiger partial charge in [0.2, 0.25) is 0 Å². The molecule has 4 nitrogen and oxygen atoms in total. The fourth-order valence-corrected chi connectivity index (χ4v) is 1.43. The molecule has 0 spiro atoms. The predicted octanol–water partition coefficient (Wildman–Crippen LogP) is 1.96. The Morgan fingerprint density at radius 1 is 1.00 bits per heavy atom. The molecular formula is C11H12N2O2. The molecular weight excluding hydrogens is 192 g/mol. The van der Waals surface area contributed by atoms with Crippen molar-refractivity contribution in [3.8, 4) is 11.5 Å². The number of rotatable bonds is 2. The van der Waals surface area contributed by atoms with Crippen molar-refractivity contribution in [3.63, 3.8) is 0 Å². The second-order valence-corrected chi connectivity index (χ2v) is 3.21. The quantitative estimate of drug-likeness (QED) is 0.750. The summed E-state index contributed by atoms with van der Waals surface area (Å²) >= 11 is 0. The summed E-state index contributed by atoms with van der Waals surface area (Å²) < 4.78 is 10.4. The highest BCUT2D eigenvalue weighted by Gasteiger charge is 2.07. The van der Waals surface area contributed by atoms with Gasteiger partial charge < -0.3 is 9.47 Å². The average Bonchev–Trinajstić information content (AvgIpc) is 2.27.